The zero-order chi connectivity index (χ0) is 55.2. The van der Waals surface area contributed by atoms with Gasteiger partial charge in [-0.1, -0.05) is 34.1 Å². The highest BCUT2D eigenvalue weighted by molar-refractivity contribution is 5.99. The Bertz CT molecular complexity index is 1990. The van der Waals surface area contributed by atoms with E-state index in [4.69, 9.17) is 15.9 Å². The molecule has 406 valence electrons. The van der Waals surface area contributed by atoms with Gasteiger partial charge in [0, 0.05) is 19.4 Å². The number of hydrogen-bond donors (Lipinski definition) is 16. The van der Waals surface area contributed by atoms with Crippen LogP contribution in [0, 0.1) is 11.8 Å². The Balaban J connectivity index is 3.33. The molecule has 72 heavy (non-hydrogen) atoms. The molecule has 9 amide bonds. The second-order valence-electron chi connectivity index (χ2n) is 17.3. The van der Waals surface area contributed by atoms with Crippen LogP contribution >= 0.6 is 0 Å². The van der Waals surface area contributed by atoms with Gasteiger partial charge in [-0.05, 0) is 44.4 Å². The van der Waals surface area contributed by atoms with Crippen LogP contribution in [0.4, 0.5) is 0 Å². The van der Waals surface area contributed by atoms with Gasteiger partial charge in [-0.2, -0.15) is 0 Å². The number of aliphatic hydroxyl groups is 3. The molecule has 0 aromatic heterocycles. The molecule has 0 aromatic rings. The predicted molar refractivity (Wildman–Crippen MR) is 243 cm³/mol. The molecule has 11 atom stereocenters. The third kappa shape index (κ3) is 20.7. The van der Waals surface area contributed by atoms with Crippen LogP contribution in [0.2, 0.25) is 0 Å². The fourth-order valence-corrected chi connectivity index (χ4v) is 6.91. The van der Waals surface area contributed by atoms with Crippen molar-refractivity contribution in [2.75, 3.05) is 26.3 Å². The molecule has 17 N–H and O–H groups in total. The molecule has 0 saturated carbocycles. The first kappa shape index (κ1) is 63.0. The molecule has 0 aliphatic carbocycles. The Kier molecular flexibility index (Phi) is 26.8. The highest BCUT2D eigenvalue weighted by Crippen LogP contribution is 2.19. The normalized spacial score (nSPS) is 17.4. The number of rotatable bonds is 32. The monoisotopic (exact) mass is 1030 g/mol. The van der Waals surface area contributed by atoms with Crippen molar-refractivity contribution in [3.05, 3.63) is 0 Å². The zero-order valence-electron chi connectivity index (χ0n) is 40.4. The summed E-state index contributed by atoms with van der Waals surface area (Å²) in [4.78, 5) is 167. The van der Waals surface area contributed by atoms with E-state index >= 15 is 0 Å². The molecule has 0 unspecified atom stereocenters. The maximum atomic E-state index is 14.0. The molecule has 1 aliphatic heterocycles. The van der Waals surface area contributed by atoms with Crippen molar-refractivity contribution in [1.82, 2.24) is 47.4 Å². The van der Waals surface area contributed by atoms with Crippen molar-refractivity contribution < 1.29 is 98.1 Å². The number of hydrogen-bond acceptors (Lipinski definition) is 17. The molecule has 0 aromatic carbocycles. The summed E-state index contributed by atoms with van der Waals surface area (Å²) in [6.45, 7) is 4.74. The first-order valence-corrected chi connectivity index (χ1v) is 22.8. The van der Waals surface area contributed by atoms with Crippen LogP contribution in [-0.4, -0.2) is 204 Å². The lowest BCUT2D eigenvalue weighted by Gasteiger charge is -2.31. The van der Waals surface area contributed by atoms with E-state index in [0.29, 0.717) is 0 Å². The van der Waals surface area contributed by atoms with Crippen LogP contribution in [0.25, 0.3) is 0 Å². The lowest BCUT2D eigenvalue weighted by atomic mass is 9.96. The average Bonchev–Trinajstić information content (AvgIpc) is 3.81. The molecule has 1 saturated heterocycles. The first-order chi connectivity index (χ1) is 33.6. The third-order valence-electron chi connectivity index (χ3n) is 11.3. The van der Waals surface area contributed by atoms with Gasteiger partial charge in [0.2, 0.25) is 53.2 Å². The van der Waals surface area contributed by atoms with Gasteiger partial charge < -0.3 is 88.9 Å². The minimum absolute atomic E-state index is 0.0164. The molecule has 1 aliphatic rings. The van der Waals surface area contributed by atoms with Crippen LogP contribution in [0.1, 0.15) is 86.0 Å². The molecule has 30 nitrogen and oxygen atoms in total. The fraction of sp³-hybridized carbons (Fsp3) is 0.690. The Hall–Kier alpha value is -7.05. The Morgan fingerprint density at radius 3 is 1.54 bits per heavy atom. The number of carbonyl (C=O) groups excluding carboxylic acids is 9. The van der Waals surface area contributed by atoms with Crippen molar-refractivity contribution in [1.29, 1.82) is 0 Å². The van der Waals surface area contributed by atoms with Gasteiger partial charge in [0.1, 0.15) is 54.4 Å². The van der Waals surface area contributed by atoms with E-state index in [9.17, 15) is 87.9 Å². The summed E-state index contributed by atoms with van der Waals surface area (Å²) < 4.78 is 0. The SMILES string of the molecule is CC[C@H](C)[C@H](NC(=O)[C@@H](NC(=O)[C@@H]1CCCN1C(=O)CNC(=O)[C@H](CO)NC(=O)[C@@H](N)CO)[C@@H](C)O)C(=O)N[C@@H](CCC(=O)O)C(=O)N[C@@H](CCC(=O)O)C(=O)N[C@H](C(=O)N[C@@H](CC(=O)O)C(=O)O)C(C)C. The molecular formula is C42H68N10O20. The summed E-state index contributed by atoms with van der Waals surface area (Å²) in [7, 11) is 0. The number of carboxylic acids is 4. The number of likely N-dealkylation sites (tertiary alicyclic amines) is 1. The molecule has 0 radical (unpaired) electrons. The first-order valence-electron chi connectivity index (χ1n) is 22.8. The zero-order valence-corrected chi connectivity index (χ0v) is 40.4. The van der Waals surface area contributed by atoms with Gasteiger partial charge in [-0.25, -0.2) is 4.79 Å². The molecular weight excluding hydrogens is 965 g/mol. The number of amides is 9. The Labute approximate surface area is 412 Å². The van der Waals surface area contributed by atoms with E-state index in [2.05, 4.69) is 37.2 Å². The standard InChI is InChI=1S/C42H68N10O20/c1-6-19(4)32(50-41(70)33(20(5)55)51-38(67)26-8-7-13-52(26)27(56)15-44-35(64)25(17-54)48-34(63)21(43)16-53)40(69)46-22(9-11-28(57)58)36(65)45-23(10-12-29(59)60)37(66)49-31(18(2)3)39(68)47-24(42(71)72)14-30(61)62/h18-26,31-33,53-55H,6-17,43H2,1-5H3,(H,44,64)(H,45,65)(H,46,69)(H,47,68)(H,48,63)(H,49,66)(H,50,70)(H,51,67)(H,57,58)(H,59,60)(H,61,62)(H,71,72)/t19-,20+,21-,22-,23-,24-,25-,26-,31-,32-,33-/m0/s1. The number of aliphatic hydroxyl groups excluding tert-OH is 3. The summed E-state index contributed by atoms with van der Waals surface area (Å²) in [5.41, 5.74) is 5.41. The highest BCUT2D eigenvalue weighted by Gasteiger charge is 2.40. The van der Waals surface area contributed by atoms with Crippen LogP contribution < -0.4 is 48.3 Å². The lowest BCUT2D eigenvalue weighted by molar-refractivity contribution is -0.147. The fourth-order valence-electron chi connectivity index (χ4n) is 6.91. The predicted octanol–water partition coefficient (Wildman–Crippen LogP) is -6.83. The smallest absolute Gasteiger partial charge is 0.326 e. The second kappa shape index (κ2) is 30.6. The second-order valence-corrected chi connectivity index (χ2v) is 17.3. The molecule has 30 heteroatoms. The van der Waals surface area contributed by atoms with E-state index in [1.54, 1.807) is 6.92 Å². The number of nitrogens with one attached hydrogen (secondary N) is 8. The number of nitrogens with zero attached hydrogens (tertiary/aromatic N) is 1. The van der Waals surface area contributed by atoms with Crippen molar-refractivity contribution in [2.45, 2.75) is 146 Å². The van der Waals surface area contributed by atoms with Crippen LogP contribution in [0.5, 0.6) is 0 Å². The molecule has 0 bridgehead atoms. The van der Waals surface area contributed by atoms with Crippen LogP contribution in [0.3, 0.4) is 0 Å². The Morgan fingerprint density at radius 2 is 1.07 bits per heavy atom. The van der Waals surface area contributed by atoms with Gasteiger partial charge in [0.05, 0.1) is 32.3 Å². The van der Waals surface area contributed by atoms with Crippen molar-refractivity contribution in [2.24, 2.45) is 17.6 Å². The van der Waals surface area contributed by atoms with E-state index in [0.717, 1.165) is 11.8 Å². The lowest BCUT2D eigenvalue weighted by Crippen LogP contribution is -2.62. The number of carbonyl (C=O) groups is 13. The Morgan fingerprint density at radius 1 is 0.583 bits per heavy atom. The minimum Gasteiger partial charge on any atom is -0.481 e. The number of nitrogens with two attached hydrogens (primary N) is 1. The van der Waals surface area contributed by atoms with E-state index in [1.807, 2.05) is 5.32 Å². The van der Waals surface area contributed by atoms with Crippen molar-refractivity contribution in [3.8, 4) is 0 Å². The largest absolute Gasteiger partial charge is 0.481 e. The minimum atomic E-state index is -1.91. The average molecular weight is 1030 g/mol. The molecule has 1 fully saturated rings. The van der Waals surface area contributed by atoms with Crippen LogP contribution in [0.15, 0.2) is 0 Å². The van der Waals surface area contributed by atoms with Crippen molar-refractivity contribution >= 4 is 77.0 Å². The van der Waals surface area contributed by atoms with E-state index in [1.165, 1.54) is 20.8 Å². The van der Waals surface area contributed by atoms with Gasteiger partial charge >= 0.3 is 23.9 Å². The van der Waals surface area contributed by atoms with Crippen molar-refractivity contribution in [3.63, 3.8) is 0 Å². The summed E-state index contributed by atoms with van der Waals surface area (Å²) >= 11 is 0. The summed E-state index contributed by atoms with van der Waals surface area (Å²) in [6, 6.07) is -14.6. The summed E-state index contributed by atoms with van der Waals surface area (Å²) in [6.07, 6.45) is -4.91. The van der Waals surface area contributed by atoms with Gasteiger partial charge in [-0.3, -0.25) is 57.5 Å². The maximum absolute atomic E-state index is 14.0. The third-order valence-corrected chi connectivity index (χ3v) is 11.3. The molecule has 1 heterocycles. The maximum Gasteiger partial charge on any atom is 0.326 e. The van der Waals surface area contributed by atoms with Crippen LogP contribution in [-0.2, 0) is 62.3 Å². The summed E-state index contributed by atoms with van der Waals surface area (Å²) in [5, 5.41) is 84.5. The number of aliphatic carboxylic acids is 4. The van der Waals surface area contributed by atoms with Gasteiger partial charge in [0.25, 0.3) is 0 Å². The van der Waals surface area contributed by atoms with E-state index < -0.39 is 201 Å². The van der Waals surface area contributed by atoms with Gasteiger partial charge in [-0.15, -0.1) is 0 Å². The quantitative estimate of drug-likeness (QED) is 0.0298. The molecule has 0 spiro atoms. The number of carboxylic acid groups (broad SMARTS) is 4. The van der Waals surface area contributed by atoms with Gasteiger partial charge in [0.15, 0.2) is 0 Å². The topological polar surface area (TPSA) is 489 Å². The molecule has 1 rings (SSSR count). The highest BCUT2D eigenvalue weighted by atomic mass is 16.4. The summed E-state index contributed by atoms with van der Waals surface area (Å²) in [5.74, 6) is -17.2. The van der Waals surface area contributed by atoms with E-state index in [-0.39, 0.29) is 25.8 Å².